The van der Waals surface area contributed by atoms with Crippen molar-refractivity contribution in [1.82, 2.24) is 9.80 Å². The average Bonchev–Trinajstić information content (AvgIpc) is 3.30. The Morgan fingerprint density at radius 2 is 1.33 bits per heavy atom. The van der Waals surface area contributed by atoms with E-state index >= 15 is 0 Å². The number of ether oxygens (including phenoxy) is 2. The topological polar surface area (TPSA) is 59.1 Å². The number of hydrogen-bond donors (Lipinski definition) is 0. The monoisotopic (exact) mass is 336 g/mol. The predicted molar refractivity (Wildman–Crippen MR) is 87.1 cm³/mol. The van der Waals surface area contributed by atoms with E-state index in [-0.39, 0.29) is 11.8 Å². The van der Waals surface area contributed by atoms with Crippen LogP contribution in [0.4, 0.5) is 0 Å². The van der Waals surface area contributed by atoms with Crippen LogP contribution in [0.2, 0.25) is 0 Å². The Kier molecular flexibility index (Phi) is 4.07. The zero-order valence-electron chi connectivity index (χ0n) is 14.6. The summed E-state index contributed by atoms with van der Waals surface area (Å²) in [6.45, 7) is 6.39. The zero-order valence-corrected chi connectivity index (χ0v) is 14.6. The first kappa shape index (κ1) is 16.3. The van der Waals surface area contributed by atoms with Crippen molar-refractivity contribution >= 4 is 11.8 Å². The molecule has 3 saturated heterocycles. The quantitative estimate of drug-likeness (QED) is 0.715. The van der Waals surface area contributed by atoms with E-state index in [4.69, 9.17) is 9.47 Å². The van der Waals surface area contributed by atoms with E-state index in [0.29, 0.717) is 57.9 Å². The maximum absolute atomic E-state index is 13.0. The summed E-state index contributed by atoms with van der Waals surface area (Å²) in [4.78, 5) is 29.8. The second-order valence-electron chi connectivity index (χ2n) is 7.96. The molecule has 0 unspecified atom stereocenters. The fraction of sp³-hybridized carbons (Fsp3) is 0.889. The second-order valence-corrected chi connectivity index (χ2v) is 7.96. The molecular weight excluding hydrogens is 308 g/mol. The summed E-state index contributed by atoms with van der Waals surface area (Å²) in [5.41, 5.74) is -0.748. The average molecular weight is 336 g/mol. The highest BCUT2D eigenvalue weighted by atomic mass is 16.7. The molecule has 3 heterocycles. The van der Waals surface area contributed by atoms with E-state index < -0.39 is 11.2 Å². The van der Waals surface area contributed by atoms with Gasteiger partial charge >= 0.3 is 0 Å². The van der Waals surface area contributed by atoms with Crippen molar-refractivity contribution in [2.24, 2.45) is 11.3 Å². The summed E-state index contributed by atoms with van der Waals surface area (Å²) < 4.78 is 11.5. The number of hydrogen-bond acceptors (Lipinski definition) is 4. The molecule has 6 heteroatoms. The molecule has 6 nitrogen and oxygen atoms in total. The minimum atomic E-state index is -0.748. The van der Waals surface area contributed by atoms with Gasteiger partial charge in [-0.25, -0.2) is 0 Å². The van der Waals surface area contributed by atoms with Crippen LogP contribution >= 0.6 is 0 Å². The number of likely N-dealkylation sites (tertiary alicyclic amines) is 2. The molecule has 134 valence electrons. The van der Waals surface area contributed by atoms with Crippen LogP contribution in [-0.2, 0) is 19.1 Å². The van der Waals surface area contributed by atoms with Gasteiger partial charge in [0.25, 0.3) is 0 Å². The minimum absolute atomic E-state index is 0.0407. The molecule has 0 atom stereocenters. The van der Waals surface area contributed by atoms with Gasteiger partial charge in [-0.1, -0.05) is 6.92 Å². The molecule has 1 aliphatic carbocycles. The lowest BCUT2D eigenvalue weighted by Crippen LogP contribution is -2.53. The van der Waals surface area contributed by atoms with Crippen LogP contribution in [0.25, 0.3) is 0 Å². The van der Waals surface area contributed by atoms with E-state index in [0.717, 1.165) is 25.9 Å². The van der Waals surface area contributed by atoms with Gasteiger partial charge in [0, 0.05) is 39.0 Å². The number of nitrogens with zero attached hydrogens (tertiary/aromatic N) is 2. The Hall–Kier alpha value is -1.14. The Labute approximate surface area is 143 Å². The number of carbonyl (C=O) groups excluding carboxylic acids is 2. The van der Waals surface area contributed by atoms with Gasteiger partial charge in [-0.05, 0) is 31.6 Å². The van der Waals surface area contributed by atoms with E-state index in [2.05, 4.69) is 6.92 Å². The summed E-state index contributed by atoms with van der Waals surface area (Å²) in [5, 5.41) is 0. The maximum atomic E-state index is 13.0. The molecule has 0 bridgehead atoms. The van der Waals surface area contributed by atoms with E-state index in [9.17, 15) is 9.59 Å². The van der Waals surface area contributed by atoms with Gasteiger partial charge < -0.3 is 19.3 Å². The van der Waals surface area contributed by atoms with Crippen LogP contribution in [-0.4, -0.2) is 66.8 Å². The highest BCUT2D eigenvalue weighted by Crippen LogP contribution is 2.50. The van der Waals surface area contributed by atoms with E-state index in [1.54, 1.807) is 0 Å². The molecule has 1 saturated carbocycles. The molecular formula is C18H28N2O4. The molecule has 4 rings (SSSR count). The third-order valence-corrected chi connectivity index (χ3v) is 6.27. The molecule has 4 aliphatic rings. The normalized spacial score (nSPS) is 29.0. The Balaban J connectivity index is 1.38. The Morgan fingerprint density at radius 3 is 1.83 bits per heavy atom. The van der Waals surface area contributed by atoms with Crippen molar-refractivity contribution in [2.75, 3.05) is 39.4 Å². The van der Waals surface area contributed by atoms with Gasteiger partial charge in [-0.15, -0.1) is 0 Å². The zero-order chi connectivity index (χ0) is 16.8. The summed E-state index contributed by atoms with van der Waals surface area (Å²) in [7, 11) is 0. The lowest BCUT2D eigenvalue weighted by atomic mass is 9.95. The molecule has 0 aromatic heterocycles. The predicted octanol–water partition coefficient (Wildman–Crippen LogP) is 1.39. The van der Waals surface area contributed by atoms with Crippen LogP contribution in [0.1, 0.15) is 45.4 Å². The van der Waals surface area contributed by atoms with Crippen LogP contribution in [0, 0.1) is 11.3 Å². The van der Waals surface area contributed by atoms with Crippen molar-refractivity contribution in [3.05, 3.63) is 0 Å². The van der Waals surface area contributed by atoms with Crippen molar-refractivity contribution in [3.8, 4) is 0 Å². The van der Waals surface area contributed by atoms with Gasteiger partial charge in [-0.3, -0.25) is 9.59 Å². The third kappa shape index (κ3) is 2.73. The summed E-state index contributed by atoms with van der Waals surface area (Å²) >= 11 is 0. The maximum Gasteiger partial charge on any atom is 0.238 e. The summed E-state index contributed by atoms with van der Waals surface area (Å²) in [6, 6.07) is 0. The fourth-order valence-corrected chi connectivity index (χ4v) is 4.30. The smallest absolute Gasteiger partial charge is 0.238 e. The second kappa shape index (κ2) is 5.99. The molecule has 2 amide bonds. The van der Waals surface area contributed by atoms with Gasteiger partial charge in [0.15, 0.2) is 5.79 Å². The molecule has 3 aliphatic heterocycles. The van der Waals surface area contributed by atoms with Crippen molar-refractivity contribution in [1.29, 1.82) is 0 Å². The van der Waals surface area contributed by atoms with Gasteiger partial charge in [0.05, 0.1) is 13.2 Å². The highest BCUT2D eigenvalue weighted by molar-refractivity contribution is 6.07. The third-order valence-electron chi connectivity index (χ3n) is 6.27. The number of piperidine rings is 2. The van der Waals surface area contributed by atoms with Crippen molar-refractivity contribution in [2.45, 2.75) is 51.2 Å². The number of rotatable bonds is 2. The SMILES string of the molecule is CC1CCN(C(=O)C2(C(=O)N3CCC4(CC3)OCCO4)CC2)CC1. The van der Waals surface area contributed by atoms with Gasteiger partial charge in [0.2, 0.25) is 11.8 Å². The van der Waals surface area contributed by atoms with Crippen LogP contribution < -0.4 is 0 Å². The summed E-state index contributed by atoms with van der Waals surface area (Å²) in [5.74, 6) is 0.331. The molecule has 24 heavy (non-hydrogen) atoms. The van der Waals surface area contributed by atoms with Crippen LogP contribution in [0.5, 0.6) is 0 Å². The molecule has 0 N–H and O–H groups in total. The van der Waals surface area contributed by atoms with Gasteiger partial charge in [-0.2, -0.15) is 0 Å². The molecule has 4 fully saturated rings. The highest BCUT2D eigenvalue weighted by Gasteiger charge is 2.60. The van der Waals surface area contributed by atoms with Crippen LogP contribution in [0.3, 0.4) is 0 Å². The molecule has 0 aromatic carbocycles. The summed E-state index contributed by atoms with van der Waals surface area (Å²) in [6.07, 6.45) is 4.96. The fourth-order valence-electron chi connectivity index (χ4n) is 4.30. The Morgan fingerprint density at radius 1 is 0.833 bits per heavy atom. The molecule has 1 spiro atoms. The lowest BCUT2D eigenvalue weighted by Gasteiger charge is -2.39. The molecule has 0 aromatic rings. The van der Waals surface area contributed by atoms with Gasteiger partial charge in [0.1, 0.15) is 5.41 Å². The van der Waals surface area contributed by atoms with Crippen molar-refractivity contribution < 1.29 is 19.1 Å². The Bertz CT molecular complexity index is 507. The lowest BCUT2D eigenvalue weighted by molar-refractivity contribution is -0.189. The minimum Gasteiger partial charge on any atom is -0.347 e. The number of carbonyl (C=O) groups is 2. The number of amides is 2. The first-order valence-corrected chi connectivity index (χ1v) is 9.41. The van der Waals surface area contributed by atoms with E-state index in [1.165, 1.54) is 0 Å². The largest absolute Gasteiger partial charge is 0.347 e. The standard InChI is InChI=1S/C18H28N2O4/c1-14-2-8-19(9-3-14)15(21)17(4-5-17)16(22)20-10-6-18(7-11-20)23-12-13-24-18/h14H,2-13H2,1H3. The van der Waals surface area contributed by atoms with E-state index in [1.807, 2.05) is 9.80 Å². The van der Waals surface area contributed by atoms with Crippen LogP contribution in [0.15, 0.2) is 0 Å². The first-order chi connectivity index (χ1) is 11.5. The first-order valence-electron chi connectivity index (χ1n) is 9.41. The van der Waals surface area contributed by atoms with Crippen molar-refractivity contribution in [3.63, 3.8) is 0 Å². The molecule has 0 radical (unpaired) electrons.